The Balaban J connectivity index is 1.95. The Hall–Kier alpha value is -4.21. The molecule has 2 fully saturated rings. The minimum absolute atomic E-state index is 0.0778. The Kier molecular flexibility index (Phi) is 11.9. The molecule has 0 aliphatic heterocycles. The molecular weight excluding hydrogens is 640 g/mol. The van der Waals surface area contributed by atoms with Crippen LogP contribution in [0.5, 0.6) is 0 Å². The van der Waals surface area contributed by atoms with Crippen molar-refractivity contribution in [1.82, 2.24) is 0 Å². The van der Waals surface area contributed by atoms with Gasteiger partial charge in [-0.2, -0.15) is 0 Å². The summed E-state index contributed by atoms with van der Waals surface area (Å²) >= 11 is 0. The average molecular weight is 693 g/mol. The summed E-state index contributed by atoms with van der Waals surface area (Å²) in [7, 11) is 0. The number of hydrogen-bond donors (Lipinski definition) is 0. The number of esters is 5. The molecule has 4 rings (SSSR count). The molecule has 10 heteroatoms. The van der Waals surface area contributed by atoms with Crippen molar-refractivity contribution >= 4 is 35.9 Å². The second kappa shape index (κ2) is 15.4. The van der Waals surface area contributed by atoms with E-state index in [0.29, 0.717) is 18.4 Å². The van der Waals surface area contributed by atoms with Gasteiger partial charge in [0.05, 0.1) is 5.92 Å². The second-order valence-corrected chi connectivity index (χ2v) is 14.9. The predicted molar refractivity (Wildman–Crippen MR) is 186 cm³/mol. The van der Waals surface area contributed by atoms with Gasteiger partial charge in [-0.1, -0.05) is 77.1 Å². The van der Waals surface area contributed by atoms with Crippen molar-refractivity contribution in [3.05, 3.63) is 65.3 Å². The maximum Gasteiger partial charge on any atom is 0.331 e. The zero-order valence-corrected chi connectivity index (χ0v) is 30.8. The lowest BCUT2D eigenvalue weighted by Gasteiger charge is -2.60. The number of carbonyl (C=O) groups is 5. The van der Waals surface area contributed by atoms with Gasteiger partial charge in [0.1, 0.15) is 30.5 Å². The minimum atomic E-state index is -1.08. The van der Waals surface area contributed by atoms with Crippen LogP contribution in [0, 0.1) is 28.6 Å². The first-order chi connectivity index (χ1) is 23.4. The van der Waals surface area contributed by atoms with Crippen LogP contribution in [0.4, 0.5) is 0 Å². The van der Waals surface area contributed by atoms with Crippen molar-refractivity contribution in [3.63, 3.8) is 0 Å². The summed E-state index contributed by atoms with van der Waals surface area (Å²) in [4.78, 5) is 65.1. The van der Waals surface area contributed by atoms with Gasteiger partial charge in [-0.05, 0) is 48.0 Å². The van der Waals surface area contributed by atoms with Crippen LogP contribution in [0.3, 0.4) is 0 Å². The molecule has 9 atom stereocenters. The summed E-state index contributed by atoms with van der Waals surface area (Å²) in [5.41, 5.74) is 1.10. The zero-order valence-electron chi connectivity index (χ0n) is 30.8. The van der Waals surface area contributed by atoms with Crippen LogP contribution >= 0.6 is 0 Å². The van der Waals surface area contributed by atoms with Gasteiger partial charge < -0.3 is 23.7 Å². The highest BCUT2D eigenvalue weighted by Crippen LogP contribution is 2.61. The fourth-order valence-electron chi connectivity index (χ4n) is 8.63. The zero-order chi connectivity index (χ0) is 37.1. The van der Waals surface area contributed by atoms with Gasteiger partial charge in [-0.15, -0.1) is 0 Å². The second-order valence-electron chi connectivity index (χ2n) is 14.9. The normalized spacial score (nSPS) is 31.0. The Bertz CT molecular complexity index is 1550. The number of ether oxygens (including phenoxy) is 5. The molecular formula is C40H52O10. The topological polar surface area (TPSA) is 132 Å². The van der Waals surface area contributed by atoms with E-state index in [9.17, 15) is 24.0 Å². The predicted octanol–water partition coefficient (Wildman–Crippen LogP) is 6.71. The van der Waals surface area contributed by atoms with Crippen molar-refractivity contribution in [2.75, 3.05) is 0 Å². The lowest BCUT2D eigenvalue weighted by molar-refractivity contribution is -0.204. The molecule has 50 heavy (non-hydrogen) atoms. The number of rotatable bonds is 9. The fourth-order valence-corrected chi connectivity index (χ4v) is 8.63. The van der Waals surface area contributed by atoms with Crippen molar-refractivity contribution in [1.29, 1.82) is 0 Å². The first kappa shape index (κ1) is 38.6. The summed E-state index contributed by atoms with van der Waals surface area (Å²) in [5.74, 6) is -4.40. The average Bonchev–Trinajstić information content (AvgIpc) is 3.00. The van der Waals surface area contributed by atoms with Crippen molar-refractivity contribution in [2.45, 2.75) is 119 Å². The van der Waals surface area contributed by atoms with E-state index in [1.54, 1.807) is 13.0 Å². The summed E-state index contributed by atoms with van der Waals surface area (Å²) in [6.07, 6.45) is -0.105. The highest BCUT2D eigenvalue weighted by atomic mass is 16.6. The van der Waals surface area contributed by atoms with Gasteiger partial charge >= 0.3 is 29.8 Å². The molecule has 272 valence electrons. The van der Waals surface area contributed by atoms with Crippen LogP contribution < -0.4 is 0 Å². The summed E-state index contributed by atoms with van der Waals surface area (Å²) < 4.78 is 30.8. The molecule has 2 saturated carbocycles. The molecule has 0 aromatic heterocycles. The van der Waals surface area contributed by atoms with E-state index < -0.39 is 77.1 Å². The van der Waals surface area contributed by atoms with E-state index >= 15 is 0 Å². The van der Waals surface area contributed by atoms with Gasteiger partial charge in [0, 0.05) is 56.9 Å². The Morgan fingerprint density at radius 2 is 1.50 bits per heavy atom. The van der Waals surface area contributed by atoms with Gasteiger partial charge in [-0.3, -0.25) is 19.2 Å². The van der Waals surface area contributed by atoms with Crippen LogP contribution in [0.25, 0.3) is 6.08 Å². The lowest BCUT2D eigenvalue weighted by Crippen LogP contribution is -2.64. The molecule has 2 bridgehead atoms. The molecule has 0 radical (unpaired) electrons. The smallest absolute Gasteiger partial charge is 0.331 e. The van der Waals surface area contributed by atoms with Gasteiger partial charge in [-0.25, -0.2) is 4.79 Å². The van der Waals surface area contributed by atoms with E-state index in [0.717, 1.165) is 16.7 Å². The Morgan fingerprint density at radius 3 is 2.08 bits per heavy atom. The lowest BCUT2D eigenvalue weighted by atomic mass is 9.49. The van der Waals surface area contributed by atoms with Gasteiger partial charge in [0.15, 0.2) is 0 Å². The maximum atomic E-state index is 13.5. The molecule has 1 aromatic carbocycles. The molecule has 0 N–H and O–H groups in total. The summed E-state index contributed by atoms with van der Waals surface area (Å²) in [6, 6.07) is 9.29. The molecule has 10 nitrogen and oxygen atoms in total. The number of fused-ring (bicyclic) bond motifs is 3. The Morgan fingerprint density at radius 1 is 0.900 bits per heavy atom. The molecule has 0 heterocycles. The molecule has 0 amide bonds. The van der Waals surface area contributed by atoms with Crippen molar-refractivity contribution in [3.8, 4) is 0 Å². The first-order valence-corrected chi connectivity index (χ1v) is 17.4. The quantitative estimate of drug-likeness (QED) is 0.119. The highest BCUT2D eigenvalue weighted by molar-refractivity contribution is 5.87. The monoisotopic (exact) mass is 692 g/mol. The SMILES string of the molecule is C=C1[C@@H](OC(C)=O)C[C@H](OC(=O)/C=C/c2ccccc2)[C@@]2(C)C[C@H](OC(C)=O)C3=C(C)C[C@H](OC(=O)C(C)CC)[C@@H]([C@@H](OC(C)=O)[C@H]12)C3(C)C. The third kappa shape index (κ3) is 8.05. The largest absolute Gasteiger partial charge is 0.461 e. The van der Waals surface area contributed by atoms with Gasteiger partial charge in [0.25, 0.3) is 0 Å². The minimum Gasteiger partial charge on any atom is -0.461 e. The standard InChI is InChI=1S/C40H52O10/c1-11-22(2)38(45)49-30-19-23(3)34-31(47-26(6)42)21-40(10)32(50-33(44)18-17-28-15-13-12-14-16-28)20-29(46-25(5)41)24(4)35(40)37(48-27(7)43)36(30)39(34,8)9/h12-18,22,29-32,35-37H,4,11,19-21H2,1-3,5-10H3/b18-17+/t22?,29-,30-,31-,32-,35-,36-,37-,40+/m0/s1. The van der Waals surface area contributed by atoms with Crippen LogP contribution in [0.2, 0.25) is 0 Å². The molecule has 3 aliphatic carbocycles. The van der Waals surface area contributed by atoms with Gasteiger partial charge in [0.2, 0.25) is 0 Å². The summed E-state index contributed by atoms with van der Waals surface area (Å²) in [6.45, 7) is 19.9. The maximum absolute atomic E-state index is 13.5. The Labute approximate surface area is 295 Å². The molecule has 0 spiro atoms. The third-order valence-corrected chi connectivity index (χ3v) is 10.9. The number of benzene rings is 1. The van der Waals surface area contributed by atoms with Crippen LogP contribution in [-0.4, -0.2) is 60.4 Å². The van der Waals surface area contributed by atoms with E-state index in [2.05, 4.69) is 6.58 Å². The van der Waals surface area contributed by atoms with E-state index in [1.165, 1.54) is 26.8 Å². The number of carbonyl (C=O) groups excluding carboxylic acids is 5. The van der Waals surface area contributed by atoms with Crippen molar-refractivity contribution < 1.29 is 47.7 Å². The van der Waals surface area contributed by atoms with E-state index in [4.69, 9.17) is 23.7 Å². The summed E-state index contributed by atoms with van der Waals surface area (Å²) in [5, 5.41) is 0. The van der Waals surface area contributed by atoms with E-state index in [1.807, 2.05) is 65.0 Å². The van der Waals surface area contributed by atoms with Crippen LogP contribution in [-0.2, 0) is 47.7 Å². The third-order valence-electron chi connectivity index (χ3n) is 10.9. The molecule has 1 unspecified atom stereocenters. The highest BCUT2D eigenvalue weighted by Gasteiger charge is 2.64. The molecule has 1 aromatic rings. The molecule has 3 aliphatic rings. The van der Waals surface area contributed by atoms with E-state index in [-0.39, 0.29) is 24.7 Å². The van der Waals surface area contributed by atoms with Crippen molar-refractivity contribution in [2.24, 2.45) is 28.6 Å². The first-order valence-electron chi connectivity index (χ1n) is 17.4. The number of hydrogen-bond acceptors (Lipinski definition) is 10. The molecule has 0 saturated heterocycles. The van der Waals surface area contributed by atoms with Crippen LogP contribution in [0.15, 0.2) is 59.7 Å². The van der Waals surface area contributed by atoms with Crippen LogP contribution in [0.1, 0.15) is 93.6 Å². The fraction of sp³-hybridized carbons (Fsp3) is 0.575.